The Morgan fingerprint density at radius 2 is 1.93 bits per heavy atom. The van der Waals surface area contributed by atoms with E-state index in [1.165, 1.54) is 12.4 Å². The van der Waals surface area contributed by atoms with E-state index in [0.717, 1.165) is 35.8 Å². The van der Waals surface area contributed by atoms with Crippen LogP contribution in [0.2, 0.25) is 5.02 Å². The first-order valence-corrected chi connectivity index (χ1v) is 11.2. The number of carbonyl (C=O) groups excluding carboxylic acids is 2. The smallest absolute Gasteiger partial charge is 0.316 e. The van der Waals surface area contributed by atoms with Crippen LogP contribution in [0.1, 0.15) is 32.1 Å². The second kappa shape index (κ2) is 9.31. The Bertz CT molecular complexity index is 919. The zero-order valence-corrected chi connectivity index (χ0v) is 18.6. The van der Waals surface area contributed by atoms with E-state index in [-0.39, 0.29) is 36.3 Å². The highest BCUT2D eigenvalue weighted by atomic mass is 79.9. The maximum absolute atomic E-state index is 12.7. The first kappa shape index (κ1) is 21.1. The van der Waals surface area contributed by atoms with Crippen LogP contribution in [-0.2, 0) is 9.59 Å². The van der Waals surface area contributed by atoms with E-state index in [1.807, 2.05) is 24.3 Å². The molecule has 1 saturated heterocycles. The van der Waals surface area contributed by atoms with Crippen LogP contribution >= 0.6 is 27.5 Å². The number of benzene rings is 1. The van der Waals surface area contributed by atoms with Gasteiger partial charge in [-0.2, -0.15) is 0 Å². The van der Waals surface area contributed by atoms with Gasteiger partial charge in [0.15, 0.2) is 0 Å². The maximum atomic E-state index is 12.7. The van der Waals surface area contributed by atoms with Gasteiger partial charge in [-0.25, -0.2) is 9.97 Å². The zero-order valence-electron chi connectivity index (χ0n) is 16.3. The fraction of sp³-hybridized carbons (Fsp3) is 0.429. The molecule has 2 fully saturated rings. The summed E-state index contributed by atoms with van der Waals surface area (Å²) in [6.07, 6.45) is 6.55. The summed E-state index contributed by atoms with van der Waals surface area (Å²) in [5, 5.41) is 3.60. The van der Waals surface area contributed by atoms with Gasteiger partial charge in [-0.05, 0) is 43.9 Å². The first-order valence-electron chi connectivity index (χ1n) is 9.98. The molecule has 158 valence electrons. The van der Waals surface area contributed by atoms with Gasteiger partial charge in [0.05, 0.1) is 23.3 Å². The summed E-state index contributed by atoms with van der Waals surface area (Å²) >= 11 is 9.22. The molecule has 4 rings (SSSR count). The van der Waals surface area contributed by atoms with E-state index in [1.54, 1.807) is 4.90 Å². The van der Waals surface area contributed by atoms with Crippen LogP contribution in [0.4, 0.5) is 5.69 Å². The van der Waals surface area contributed by atoms with Crippen LogP contribution in [0, 0.1) is 5.92 Å². The van der Waals surface area contributed by atoms with Gasteiger partial charge in [0.25, 0.3) is 0 Å². The second-order valence-electron chi connectivity index (χ2n) is 7.67. The molecule has 7 nitrogen and oxygen atoms in total. The predicted molar refractivity (Wildman–Crippen MR) is 116 cm³/mol. The lowest BCUT2D eigenvalue weighted by Gasteiger charge is -2.29. The Labute approximate surface area is 188 Å². The van der Waals surface area contributed by atoms with Gasteiger partial charge in [0, 0.05) is 29.2 Å². The summed E-state index contributed by atoms with van der Waals surface area (Å²) in [5.74, 6) is -0.396. The molecule has 1 unspecified atom stereocenters. The number of aromatic nitrogens is 2. The highest BCUT2D eigenvalue weighted by Gasteiger charge is 2.36. The minimum absolute atomic E-state index is 0.0201. The van der Waals surface area contributed by atoms with Gasteiger partial charge in [-0.1, -0.05) is 33.6 Å². The monoisotopic (exact) mass is 492 g/mol. The fourth-order valence-electron chi connectivity index (χ4n) is 3.93. The second-order valence-corrected chi connectivity index (χ2v) is 9.02. The molecular formula is C21H22BrClN4O3. The van der Waals surface area contributed by atoms with Gasteiger partial charge < -0.3 is 15.0 Å². The van der Waals surface area contributed by atoms with Crippen LogP contribution in [-0.4, -0.2) is 40.5 Å². The van der Waals surface area contributed by atoms with Crippen molar-refractivity contribution in [2.24, 2.45) is 5.92 Å². The van der Waals surface area contributed by atoms with Crippen molar-refractivity contribution in [3.05, 3.63) is 46.2 Å². The number of amides is 2. The molecule has 1 aromatic heterocycles. The third-order valence-electron chi connectivity index (χ3n) is 5.51. The molecule has 9 heteroatoms. The third kappa shape index (κ3) is 5.10. The van der Waals surface area contributed by atoms with E-state index >= 15 is 0 Å². The van der Waals surface area contributed by atoms with Crippen LogP contribution in [0.15, 0.2) is 41.1 Å². The molecular weight excluding hydrogens is 472 g/mol. The van der Waals surface area contributed by atoms with E-state index in [2.05, 4.69) is 31.2 Å². The number of nitrogens with zero attached hydrogens (tertiary/aromatic N) is 3. The van der Waals surface area contributed by atoms with E-state index in [4.69, 9.17) is 16.3 Å². The number of halogens is 2. The molecule has 1 atom stereocenters. The SMILES string of the molecule is O=C(NC1CCC(Oc2ncc(Cl)cn2)CC1)C1CC(=O)N(c2cccc(Br)c2)C1. The highest BCUT2D eigenvalue weighted by molar-refractivity contribution is 9.10. The summed E-state index contributed by atoms with van der Waals surface area (Å²) in [5.41, 5.74) is 0.812. The molecule has 1 aliphatic heterocycles. The standard InChI is InChI=1S/C21H22BrClN4O3/c22-14-2-1-3-17(9-14)27-12-13(8-19(27)28)20(29)26-16-4-6-18(7-5-16)30-21-24-10-15(23)11-25-21/h1-3,9-11,13,16,18H,4-8,12H2,(H,26,29). The van der Waals surface area contributed by atoms with Gasteiger partial charge in [0.1, 0.15) is 6.10 Å². The number of ether oxygens (including phenoxy) is 1. The van der Waals surface area contributed by atoms with Crippen LogP contribution < -0.4 is 15.0 Å². The molecule has 1 N–H and O–H groups in total. The van der Waals surface area contributed by atoms with Gasteiger partial charge >= 0.3 is 6.01 Å². The predicted octanol–water partition coefficient (Wildman–Crippen LogP) is 3.75. The zero-order chi connectivity index (χ0) is 21.1. The lowest BCUT2D eigenvalue weighted by atomic mass is 9.92. The topological polar surface area (TPSA) is 84.4 Å². The Morgan fingerprint density at radius 1 is 1.20 bits per heavy atom. The molecule has 1 aromatic carbocycles. The summed E-state index contributed by atoms with van der Waals surface area (Å²) in [4.78, 5) is 35.0. The molecule has 2 aromatic rings. The summed E-state index contributed by atoms with van der Waals surface area (Å²) in [6, 6.07) is 7.99. The number of hydrogen-bond donors (Lipinski definition) is 1. The third-order valence-corrected chi connectivity index (χ3v) is 6.19. The van der Waals surface area contributed by atoms with Gasteiger partial charge in [0.2, 0.25) is 11.8 Å². The summed E-state index contributed by atoms with van der Waals surface area (Å²) in [7, 11) is 0. The largest absolute Gasteiger partial charge is 0.460 e. The van der Waals surface area contributed by atoms with E-state index in [9.17, 15) is 9.59 Å². The Hall–Kier alpha value is -2.19. The lowest BCUT2D eigenvalue weighted by Crippen LogP contribution is -2.43. The average Bonchev–Trinajstić information content (AvgIpc) is 3.13. The first-order chi connectivity index (χ1) is 14.5. The molecule has 2 heterocycles. The number of carbonyl (C=O) groups is 2. The van der Waals surface area contributed by atoms with E-state index in [0.29, 0.717) is 17.6 Å². The Morgan fingerprint density at radius 3 is 2.63 bits per heavy atom. The molecule has 0 spiro atoms. The minimum atomic E-state index is -0.326. The lowest BCUT2D eigenvalue weighted by molar-refractivity contribution is -0.127. The molecule has 0 bridgehead atoms. The van der Waals surface area contributed by atoms with Crippen molar-refractivity contribution in [2.75, 3.05) is 11.4 Å². The van der Waals surface area contributed by atoms with Gasteiger partial charge in [-0.15, -0.1) is 0 Å². The van der Waals surface area contributed by atoms with Crippen LogP contribution in [0.25, 0.3) is 0 Å². The number of nitrogens with one attached hydrogen (secondary N) is 1. The van der Waals surface area contributed by atoms with Gasteiger partial charge in [-0.3, -0.25) is 9.59 Å². The quantitative estimate of drug-likeness (QED) is 0.686. The maximum Gasteiger partial charge on any atom is 0.316 e. The van der Waals surface area contributed by atoms with Crippen molar-refractivity contribution in [3.8, 4) is 6.01 Å². The minimum Gasteiger partial charge on any atom is -0.460 e. The van der Waals surface area contributed by atoms with Crippen molar-refractivity contribution < 1.29 is 14.3 Å². The van der Waals surface area contributed by atoms with Crippen LogP contribution in [0.5, 0.6) is 6.01 Å². The molecule has 2 aliphatic rings. The van der Waals surface area contributed by atoms with Crippen molar-refractivity contribution in [1.29, 1.82) is 0 Å². The number of anilines is 1. The molecule has 1 aliphatic carbocycles. The van der Waals surface area contributed by atoms with Crippen LogP contribution in [0.3, 0.4) is 0 Å². The highest BCUT2D eigenvalue weighted by Crippen LogP contribution is 2.28. The average molecular weight is 494 g/mol. The van der Waals surface area contributed by atoms with Crippen molar-refractivity contribution in [3.63, 3.8) is 0 Å². The summed E-state index contributed by atoms with van der Waals surface area (Å²) in [6.45, 7) is 0.410. The molecule has 30 heavy (non-hydrogen) atoms. The molecule has 2 amide bonds. The molecule has 0 radical (unpaired) electrons. The van der Waals surface area contributed by atoms with Crippen molar-refractivity contribution in [2.45, 2.75) is 44.2 Å². The molecule has 1 saturated carbocycles. The fourth-order valence-corrected chi connectivity index (χ4v) is 4.42. The normalized spacial score (nSPS) is 24.0. The van der Waals surface area contributed by atoms with Crippen molar-refractivity contribution in [1.82, 2.24) is 15.3 Å². The Kier molecular flexibility index (Phi) is 6.53. The number of hydrogen-bond acceptors (Lipinski definition) is 5. The number of rotatable bonds is 5. The van der Waals surface area contributed by atoms with Crippen molar-refractivity contribution >= 4 is 45.0 Å². The van der Waals surface area contributed by atoms with E-state index < -0.39 is 0 Å². The Balaban J connectivity index is 1.26. The summed E-state index contributed by atoms with van der Waals surface area (Å²) < 4.78 is 6.71.